The zero-order valence-corrected chi connectivity index (χ0v) is 12.1. The lowest BCUT2D eigenvalue weighted by Crippen LogP contribution is -2.13. The number of benzene rings is 1. The van der Waals surface area contributed by atoms with Crippen molar-refractivity contribution in [2.45, 2.75) is 6.92 Å². The van der Waals surface area contributed by atoms with E-state index < -0.39 is 0 Å². The maximum absolute atomic E-state index is 12.0. The van der Waals surface area contributed by atoms with Crippen molar-refractivity contribution < 1.29 is 4.79 Å². The molecule has 0 aliphatic heterocycles. The first-order chi connectivity index (χ1) is 8.97. The Morgan fingerprint density at radius 3 is 2.63 bits per heavy atom. The summed E-state index contributed by atoms with van der Waals surface area (Å²) in [6.45, 7) is 1.87. The number of nitrogens with zero attached hydrogens (tertiary/aromatic N) is 1. The van der Waals surface area contributed by atoms with Gasteiger partial charge < -0.3 is 5.32 Å². The van der Waals surface area contributed by atoms with E-state index in [1.54, 1.807) is 12.1 Å². The average molecular weight is 316 g/mol. The van der Waals surface area contributed by atoms with Crippen LogP contribution in [-0.4, -0.2) is 10.9 Å². The predicted octanol–water partition coefficient (Wildman–Crippen LogP) is 4.60. The summed E-state index contributed by atoms with van der Waals surface area (Å²) in [5.74, 6) is -0.323. The summed E-state index contributed by atoms with van der Waals surface area (Å²) in [5.41, 5.74) is 1.88. The highest BCUT2D eigenvalue weighted by molar-refractivity contribution is 6.41. The second kappa shape index (κ2) is 5.78. The number of halogens is 3. The zero-order chi connectivity index (χ0) is 14.0. The number of aryl methyl sites for hydroxylation is 1. The van der Waals surface area contributed by atoms with Gasteiger partial charge in [0.05, 0.1) is 10.6 Å². The number of anilines is 1. The molecule has 6 heteroatoms. The summed E-state index contributed by atoms with van der Waals surface area (Å²) in [5, 5.41) is 3.70. The number of hydrogen-bond acceptors (Lipinski definition) is 2. The highest BCUT2D eigenvalue weighted by atomic mass is 35.5. The first-order valence-electron chi connectivity index (χ1n) is 5.36. The molecule has 1 aromatic heterocycles. The number of rotatable bonds is 2. The summed E-state index contributed by atoms with van der Waals surface area (Å²) >= 11 is 17.4. The monoisotopic (exact) mass is 314 g/mol. The van der Waals surface area contributed by atoms with Gasteiger partial charge in [-0.1, -0.05) is 40.9 Å². The third-order valence-corrected chi connectivity index (χ3v) is 3.43. The van der Waals surface area contributed by atoms with E-state index in [0.29, 0.717) is 16.3 Å². The molecule has 1 N–H and O–H groups in total. The Morgan fingerprint density at radius 2 is 1.95 bits per heavy atom. The van der Waals surface area contributed by atoms with Crippen molar-refractivity contribution in [2.24, 2.45) is 0 Å². The molecule has 1 aromatic carbocycles. The molecule has 2 rings (SSSR count). The highest BCUT2D eigenvalue weighted by Crippen LogP contribution is 2.23. The zero-order valence-electron chi connectivity index (χ0n) is 9.88. The molecule has 0 aliphatic carbocycles. The Balaban J connectivity index is 2.25. The lowest BCUT2D eigenvalue weighted by molar-refractivity contribution is 0.102. The Labute approximate surface area is 125 Å². The summed E-state index contributed by atoms with van der Waals surface area (Å²) in [6, 6.07) is 6.73. The summed E-state index contributed by atoms with van der Waals surface area (Å²) in [6.07, 6.45) is 1.36. The van der Waals surface area contributed by atoms with Crippen molar-refractivity contribution in [1.29, 1.82) is 0 Å². The lowest BCUT2D eigenvalue weighted by atomic mass is 10.2. The summed E-state index contributed by atoms with van der Waals surface area (Å²) in [4.78, 5) is 15.9. The number of amides is 1. The van der Waals surface area contributed by atoms with Crippen LogP contribution >= 0.6 is 34.8 Å². The van der Waals surface area contributed by atoms with Crippen molar-refractivity contribution in [3.05, 3.63) is 56.8 Å². The maximum Gasteiger partial charge on any atom is 0.257 e. The Hall–Kier alpha value is -1.29. The van der Waals surface area contributed by atoms with Crippen LogP contribution in [0.5, 0.6) is 0 Å². The van der Waals surface area contributed by atoms with Crippen LogP contribution < -0.4 is 5.32 Å². The van der Waals surface area contributed by atoms with E-state index in [0.717, 1.165) is 5.56 Å². The largest absolute Gasteiger partial charge is 0.322 e. The van der Waals surface area contributed by atoms with Gasteiger partial charge in [0.15, 0.2) is 0 Å². The smallest absolute Gasteiger partial charge is 0.257 e. The van der Waals surface area contributed by atoms with E-state index in [9.17, 15) is 4.79 Å². The number of carbonyl (C=O) groups is 1. The standard InChI is InChI=1S/C13H9Cl3N2O/c1-7-2-3-9(14)5-11(7)18-13(19)8-4-10(15)12(16)17-6-8/h2-6H,1H3,(H,18,19). The fourth-order valence-corrected chi connectivity index (χ4v) is 1.91. The van der Waals surface area contributed by atoms with Gasteiger partial charge in [0.1, 0.15) is 5.15 Å². The first-order valence-corrected chi connectivity index (χ1v) is 6.49. The molecule has 0 unspecified atom stereocenters. The van der Waals surface area contributed by atoms with Crippen molar-refractivity contribution >= 4 is 46.4 Å². The van der Waals surface area contributed by atoms with E-state index in [1.165, 1.54) is 12.3 Å². The molecule has 0 radical (unpaired) electrons. The van der Waals surface area contributed by atoms with Crippen molar-refractivity contribution in [1.82, 2.24) is 4.98 Å². The van der Waals surface area contributed by atoms with Crippen LogP contribution in [0.25, 0.3) is 0 Å². The fraction of sp³-hybridized carbons (Fsp3) is 0.0769. The van der Waals surface area contributed by atoms with E-state index in [1.807, 2.05) is 13.0 Å². The quantitative estimate of drug-likeness (QED) is 0.823. The van der Waals surface area contributed by atoms with Crippen molar-refractivity contribution in [2.75, 3.05) is 5.32 Å². The van der Waals surface area contributed by atoms with Gasteiger partial charge in [0.2, 0.25) is 0 Å². The molecule has 98 valence electrons. The third kappa shape index (κ3) is 3.38. The van der Waals surface area contributed by atoms with Crippen LogP contribution in [0.3, 0.4) is 0 Å². The molecule has 19 heavy (non-hydrogen) atoms. The number of nitrogens with one attached hydrogen (secondary N) is 1. The van der Waals surface area contributed by atoms with Gasteiger partial charge >= 0.3 is 0 Å². The lowest BCUT2D eigenvalue weighted by Gasteiger charge is -2.09. The molecule has 0 saturated heterocycles. The SMILES string of the molecule is Cc1ccc(Cl)cc1NC(=O)c1cnc(Cl)c(Cl)c1. The van der Waals surface area contributed by atoms with Crippen LogP contribution in [0.15, 0.2) is 30.5 Å². The molecule has 0 spiro atoms. The molecule has 3 nitrogen and oxygen atoms in total. The first kappa shape index (κ1) is 14.1. The van der Waals surface area contributed by atoms with Crippen LogP contribution in [0.4, 0.5) is 5.69 Å². The predicted molar refractivity (Wildman–Crippen MR) is 78.4 cm³/mol. The molecule has 0 aliphatic rings. The third-order valence-electron chi connectivity index (χ3n) is 2.51. The van der Waals surface area contributed by atoms with Crippen LogP contribution in [0.1, 0.15) is 15.9 Å². The molecule has 1 heterocycles. The van der Waals surface area contributed by atoms with Gasteiger partial charge in [-0.2, -0.15) is 0 Å². The highest BCUT2D eigenvalue weighted by Gasteiger charge is 2.10. The minimum Gasteiger partial charge on any atom is -0.322 e. The van der Waals surface area contributed by atoms with E-state index >= 15 is 0 Å². The normalized spacial score (nSPS) is 10.3. The average Bonchev–Trinajstić information content (AvgIpc) is 2.37. The Morgan fingerprint density at radius 1 is 1.21 bits per heavy atom. The van der Waals surface area contributed by atoms with E-state index in [-0.39, 0.29) is 16.1 Å². The number of aromatic nitrogens is 1. The van der Waals surface area contributed by atoms with Gasteiger partial charge in [-0.25, -0.2) is 4.98 Å². The van der Waals surface area contributed by atoms with Gasteiger partial charge in [0.25, 0.3) is 5.91 Å². The summed E-state index contributed by atoms with van der Waals surface area (Å²) < 4.78 is 0. The topological polar surface area (TPSA) is 42.0 Å². The minimum atomic E-state index is -0.323. The van der Waals surface area contributed by atoms with Crippen molar-refractivity contribution in [3.63, 3.8) is 0 Å². The molecular weight excluding hydrogens is 307 g/mol. The van der Waals surface area contributed by atoms with Gasteiger partial charge in [0, 0.05) is 16.9 Å². The van der Waals surface area contributed by atoms with Gasteiger partial charge in [-0.05, 0) is 30.7 Å². The Kier molecular flexibility index (Phi) is 4.30. The molecule has 0 fully saturated rings. The molecule has 2 aromatic rings. The molecule has 0 atom stereocenters. The minimum absolute atomic E-state index is 0.164. The van der Waals surface area contributed by atoms with Gasteiger partial charge in [-0.3, -0.25) is 4.79 Å². The van der Waals surface area contributed by atoms with Crippen LogP contribution in [0, 0.1) is 6.92 Å². The van der Waals surface area contributed by atoms with Crippen molar-refractivity contribution in [3.8, 4) is 0 Å². The number of carbonyl (C=O) groups excluding carboxylic acids is 1. The molecule has 0 bridgehead atoms. The van der Waals surface area contributed by atoms with Crippen LogP contribution in [-0.2, 0) is 0 Å². The van der Waals surface area contributed by atoms with E-state index in [2.05, 4.69) is 10.3 Å². The second-order valence-electron chi connectivity index (χ2n) is 3.91. The molecular formula is C13H9Cl3N2O. The Bertz CT molecular complexity index is 644. The van der Waals surface area contributed by atoms with Gasteiger partial charge in [-0.15, -0.1) is 0 Å². The summed E-state index contributed by atoms with van der Waals surface area (Å²) in [7, 11) is 0. The molecule has 0 saturated carbocycles. The fourth-order valence-electron chi connectivity index (χ4n) is 1.47. The number of hydrogen-bond donors (Lipinski definition) is 1. The molecule has 1 amide bonds. The second-order valence-corrected chi connectivity index (χ2v) is 5.11. The number of pyridine rings is 1. The van der Waals surface area contributed by atoms with Crippen LogP contribution in [0.2, 0.25) is 15.2 Å². The van der Waals surface area contributed by atoms with E-state index in [4.69, 9.17) is 34.8 Å². The maximum atomic E-state index is 12.0.